The first-order chi connectivity index (χ1) is 9.13. The zero-order valence-electron chi connectivity index (χ0n) is 10.7. The predicted octanol–water partition coefficient (Wildman–Crippen LogP) is 2.87. The van der Waals surface area contributed by atoms with Crippen LogP contribution >= 0.6 is 0 Å². The van der Waals surface area contributed by atoms with Gasteiger partial charge in [-0.05, 0) is 36.8 Å². The highest BCUT2D eigenvalue weighted by Gasteiger charge is 2.24. The zero-order valence-corrected chi connectivity index (χ0v) is 10.7. The molecule has 3 rings (SSSR count). The number of hydrogen-bond donors (Lipinski definition) is 1. The summed E-state index contributed by atoms with van der Waals surface area (Å²) >= 11 is 0. The smallest absolute Gasteiger partial charge is 0.129 e. The minimum atomic E-state index is -0.293. The molecule has 0 unspecified atom stereocenters. The summed E-state index contributed by atoms with van der Waals surface area (Å²) in [7, 11) is 0. The van der Waals surface area contributed by atoms with Crippen LogP contribution in [0.2, 0.25) is 0 Å². The van der Waals surface area contributed by atoms with Gasteiger partial charge in [-0.2, -0.15) is 0 Å². The second-order valence-electron chi connectivity index (χ2n) is 4.78. The number of amidine groups is 1. The maximum Gasteiger partial charge on any atom is 0.129 e. The molecule has 1 aliphatic rings. The van der Waals surface area contributed by atoms with Crippen molar-refractivity contribution in [2.45, 2.75) is 20.0 Å². The topological polar surface area (TPSA) is 40.0 Å². The minimum Gasteiger partial charge on any atom is -0.346 e. The third-order valence-electron chi connectivity index (χ3n) is 3.30. The third-order valence-corrected chi connectivity index (χ3v) is 3.30. The van der Waals surface area contributed by atoms with Crippen molar-refractivity contribution in [1.29, 1.82) is 5.41 Å². The summed E-state index contributed by atoms with van der Waals surface area (Å²) in [5.74, 6) is 0.0804. The van der Waals surface area contributed by atoms with Gasteiger partial charge in [0, 0.05) is 17.8 Å². The van der Waals surface area contributed by atoms with E-state index in [1.807, 2.05) is 30.0 Å². The molecule has 0 aliphatic carbocycles. The first-order valence-electron chi connectivity index (χ1n) is 6.18. The van der Waals surface area contributed by atoms with Crippen molar-refractivity contribution in [2.75, 3.05) is 0 Å². The van der Waals surface area contributed by atoms with Crippen molar-refractivity contribution in [1.82, 2.24) is 9.88 Å². The number of benzene rings is 1. The Morgan fingerprint density at radius 2 is 2.16 bits per heavy atom. The van der Waals surface area contributed by atoms with E-state index in [4.69, 9.17) is 5.41 Å². The minimum absolute atomic E-state index is 0.293. The molecule has 0 atom stereocenters. The molecule has 0 amide bonds. The van der Waals surface area contributed by atoms with Gasteiger partial charge < -0.3 is 4.90 Å². The zero-order chi connectivity index (χ0) is 13.4. The van der Waals surface area contributed by atoms with E-state index >= 15 is 0 Å². The Kier molecular flexibility index (Phi) is 2.78. The maximum absolute atomic E-state index is 13.2. The molecule has 19 heavy (non-hydrogen) atoms. The monoisotopic (exact) mass is 255 g/mol. The molecule has 0 saturated carbocycles. The highest BCUT2D eigenvalue weighted by atomic mass is 19.1. The van der Waals surface area contributed by atoms with Gasteiger partial charge in [-0.1, -0.05) is 12.1 Å². The van der Waals surface area contributed by atoms with Gasteiger partial charge in [-0.25, -0.2) is 4.39 Å². The quantitative estimate of drug-likeness (QED) is 0.896. The van der Waals surface area contributed by atoms with Gasteiger partial charge in [0.15, 0.2) is 0 Å². The van der Waals surface area contributed by atoms with E-state index < -0.39 is 0 Å². The number of rotatable bonds is 2. The highest BCUT2D eigenvalue weighted by molar-refractivity contribution is 6.00. The fraction of sp³-hybridized carbons (Fsp3) is 0.200. The molecule has 1 aromatic carbocycles. The van der Waals surface area contributed by atoms with Crippen LogP contribution in [0.4, 0.5) is 4.39 Å². The normalized spacial score (nSPS) is 13.8. The van der Waals surface area contributed by atoms with Gasteiger partial charge >= 0.3 is 0 Å². The molecule has 1 aliphatic heterocycles. The van der Waals surface area contributed by atoms with Crippen LogP contribution in [0, 0.1) is 18.2 Å². The Bertz CT molecular complexity index is 652. The fourth-order valence-electron chi connectivity index (χ4n) is 2.38. The highest BCUT2D eigenvalue weighted by Crippen LogP contribution is 2.24. The van der Waals surface area contributed by atoms with E-state index in [0.29, 0.717) is 24.5 Å². The Labute approximate surface area is 111 Å². The molecule has 0 spiro atoms. The second kappa shape index (κ2) is 4.46. The lowest BCUT2D eigenvalue weighted by Gasteiger charge is -2.17. The molecule has 1 aromatic heterocycles. The molecule has 4 heteroatoms. The Morgan fingerprint density at radius 3 is 2.95 bits per heavy atom. The third kappa shape index (κ3) is 2.21. The molecule has 96 valence electrons. The summed E-state index contributed by atoms with van der Waals surface area (Å²) in [6.07, 6.45) is 0. The number of nitrogens with zero attached hydrogens (tertiary/aromatic N) is 2. The Morgan fingerprint density at radius 1 is 1.32 bits per heavy atom. The van der Waals surface area contributed by atoms with Crippen LogP contribution in [0.5, 0.6) is 0 Å². The van der Waals surface area contributed by atoms with Crippen LogP contribution in [0.3, 0.4) is 0 Å². The number of nitrogens with one attached hydrogen (secondary N) is 1. The lowest BCUT2D eigenvalue weighted by atomic mass is 10.1. The van der Waals surface area contributed by atoms with E-state index in [0.717, 1.165) is 17.0 Å². The molecule has 3 nitrogen and oxygen atoms in total. The lowest BCUT2D eigenvalue weighted by molar-refractivity contribution is 0.416. The molecule has 0 saturated heterocycles. The van der Waals surface area contributed by atoms with Crippen LogP contribution < -0.4 is 0 Å². The van der Waals surface area contributed by atoms with Gasteiger partial charge in [0.25, 0.3) is 0 Å². The summed E-state index contributed by atoms with van der Waals surface area (Å²) in [5, 5.41) is 8.12. The number of hydrogen-bond acceptors (Lipinski definition) is 2. The van der Waals surface area contributed by atoms with Crippen molar-refractivity contribution in [3.8, 4) is 0 Å². The van der Waals surface area contributed by atoms with Gasteiger partial charge in [0.05, 0.1) is 12.2 Å². The second-order valence-corrected chi connectivity index (χ2v) is 4.78. The van der Waals surface area contributed by atoms with Crippen molar-refractivity contribution in [3.63, 3.8) is 0 Å². The van der Waals surface area contributed by atoms with Gasteiger partial charge in [0.2, 0.25) is 0 Å². The van der Waals surface area contributed by atoms with Crippen LogP contribution in [0.25, 0.3) is 0 Å². The lowest BCUT2D eigenvalue weighted by Crippen LogP contribution is -2.23. The van der Waals surface area contributed by atoms with Crippen LogP contribution in [0.15, 0.2) is 36.4 Å². The van der Waals surface area contributed by atoms with Crippen LogP contribution in [-0.2, 0) is 13.1 Å². The van der Waals surface area contributed by atoms with Crippen LogP contribution in [-0.4, -0.2) is 15.7 Å². The van der Waals surface area contributed by atoms with Crippen molar-refractivity contribution >= 4 is 5.84 Å². The summed E-state index contributed by atoms with van der Waals surface area (Å²) in [6.45, 7) is 3.17. The van der Waals surface area contributed by atoms with Gasteiger partial charge in [-0.3, -0.25) is 10.4 Å². The number of fused-ring (bicyclic) bond motifs is 1. The van der Waals surface area contributed by atoms with Crippen molar-refractivity contribution < 1.29 is 4.39 Å². The van der Waals surface area contributed by atoms with E-state index in [2.05, 4.69) is 4.98 Å². The maximum atomic E-state index is 13.2. The van der Waals surface area contributed by atoms with Crippen molar-refractivity contribution in [3.05, 3.63) is 64.7 Å². The summed E-state index contributed by atoms with van der Waals surface area (Å²) in [6, 6.07) is 10.5. The van der Waals surface area contributed by atoms with Gasteiger partial charge in [0.1, 0.15) is 11.7 Å². The van der Waals surface area contributed by atoms with E-state index in [1.165, 1.54) is 12.1 Å². The van der Waals surface area contributed by atoms with E-state index in [-0.39, 0.29) is 5.82 Å². The fourth-order valence-corrected chi connectivity index (χ4v) is 2.38. The SMILES string of the molecule is Cc1cccc(CN2Cc3ccc(F)cc3C2=N)n1. The molecule has 0 fully saturated rings. The molecular weight excluding hydrogens is 241 g/mol. The van der Waals surface area contributed by atoms with Crippen molar-refractivity contribution in [2.24, 2.45) is 0 Å². The first kappa shape index (κ1) is 11.8. The number of aryl methyl sites for hydroxylation is 1. The largest absolute Gasteiger partial charge is 0.346 e. The Hall–Kier alpha value is -2.23. The average Bonchev–Trinajstić information content (AvgIpc) is 2.67. The van der Waals surface area contributed by atoms with Crippen LogP contribution in [0.1, 0.15) is 22.5 Å². The van der Waals surface area contributed by atoms with E-state index in [9.17, 15) is 4.39 Å². The Balaban J connectivity index is 1.84. The standard InChI is InChI=1S/C15H14FN3/c1-10-3-2-4-13(18-10)9-19-8-11-5-6-12(16)7-14(11)15(19)17/h2-7,17H,8-9H2,1H3. The van der Waals surface area contributed by atoms with E-state index in [1.54, 1.807) is 6.07 Å². The molecular formula is C15H14FN3. The summed E-state index contributed by atoms with van der Waals surface area (Å²) in [4.78, 5) is 6.35. The average molecular weight is 255 g/mol. The molecule has 0 bridgehead atoms. The molecule has 0 radical (unpaired) electrons. The van der Waals surface area contributed by atoms with Gasteiger partial charge in [-0.15, -0.1) is 0 Å². The first-order valence-corrected chi connectivity index (χ1v) is 6.18. The number of aromatic nitrogens is 1. The molecule has 2 heterocycles. The predicted molar refractivity (Wildman–Crippen MR) is 71.4 cm³/mol. The summed E-state index contributed by atoms with van der Waals surface area (Å²) < 4.78 is 13.2. The summed E-state index contributed by atoms with van der Waals surface area (Å²) in [5.41, 5.74) is 3.58. The molecule has 2 aromatic rings. The number of pyridine rings is 1. The molecule has 1 N–H and O–H groups in total. The number of halogens is 1.